The minimum atomic E-state index is 0.0700. The molecular weight excluding hydrogens is 196 g/mol. The molecule has 0 radical (unpaired) electrons. The van der Waals surface area contributed by atoms with Gasteiger partial charge in [-0.15, -0.1) is 0 Å². The number of rotatable bonds is 12. The normalized spacial score (nSPS) is 10.8. The Morgan fingerprint density at radius 1 is 0.733 bits per heavy atom. The first kappa shape index (κ1) is 14.8. The van der Waals surface area contributed by atoms with E-state index in [1.54, 1.807) is 0 Å². The topological polar surface area (TPSA) is 47.9 Å². The molecule has 0 aromatic heterocycles. The highest BCUT2D eigenvalue weighted by atomic mass is 16.5. The third-order valence-electron chi connectivity index (χ3n) is 1.87. The second-order valence-corrected chi connectivity index (χ2v) is 3.27. The maximum absolute atomic E-state index is 8.42. The van der Waals surface area contributed by atoms with Crippen LogP contribution in [-0.2, 0) is 14.2 Å². The van der Waals surface area contributed by atoms with Crippen LogP contribution in [0.1, 0.15) is 26.2 Å². The average Bonchev–Trinajstić information content (AvgIpc) is 2.26. The van der Waals surface area contributed by atoms with Crippen LogP contribution in [0.5, 0.6) is 0 Å². The molecule has 0 heterocycles. The zero-order valence-electron chi connectivity index (χ0n) is 9.74. The molecule has 4 nitrogen and oxygen atoms in total. The fourth-order valence-electron chi connectivity index (χ4n) is 1.06. The predicted octanol–water partition coefficient (Wildman–Crippen LogP) is 1.22. The van der Waals surface area contributed by atoms with Crippen LogP contribution in [-0.4, -0.2) is 51.4 Å². The van der Waals surface area contributed by atoms with Gasteiger partial charge in [0, 0.05) is 6.61 Å². The quantitative estimate of drug-likeness (QED) is 0.502. The van der Waals surface area contributed by atoms with Gasteiger partial charge in [-0.1, -0.05) is 19.8 Å². The number of hydrogen-bond donors (Lipinski definition) is 1. The molecule has 0 saturated heterocycles. The summed E-state index contributed by atoms with van der Waals surface area (Å²) >= 11 is 0. The number of unbranched alkanes of at least 4 members (excludes halogenated alkanes) is 2. The van der Waals surface area contributed by atoms with Crippen molar-refractivity contribution in [3.8, 4) is 0 Å². The minimum absolute atomic E-state index is 0.0700. The van der Waals surface area contributed by atoms with Gasteiger partial charge in [0.25, 0.3) is 0 Å². The summed E-state index contributed by atoms with van der Waals surface area (Å²) in [5.41, 5.74) is 0. The van der Waals surface area contributed by atoms with Crippen LogP contribution in [0.3, 0.4) is 0 Å². The first-order valence-electron chi connectivity index (χ1n) is 5.76. The first-order chi connectivity index (χ1) is 7.41. The third-order valence-corrected chi connectivity index (χ3v) is 1.87. The Balaban J connectivity index is 2.81. The molecule has 0 spiro atoms. The average molecular weight is 220 g/mol. The third kappa shape index (κ3) is 13.8. The first-order valence-corrected chi connectivity index (χ1v) is 5.76. The lowest BCUT2D eigenvalue weighted by atomic mass is 10.3. The molecule has 0 unspecified atom stereocenters. The Morgan fingerprint density at radius 2 is 1.27 bits per heavy atom. The van der Waals surface area contributed by atoms with Gasteiger partial charge < -0.3 is 19.3 Å². The molecule has 92 valence electrons. The molecule has 4 heteroatoms. The molecule has 0 aliphatic heterocycles. The van der Waals surface area contributed by atoms with Gasteiger partial charge in [0.2, 0.25) is 0 Å². The van der Waals surface area contributed by atoms with Gasteiger partial charge in [-0.2, -0.15) is 0 Å². The second-order valence-electron chi connectivity index (χ2n) is 3.27. The van der Waals surface area contributed by atoms with E-state index in [1.165, 1.54) is 12.8 Å². The minimum Gasteiger partial charge on any atom is -0.394 e. The van der Waals surface area contributed by atoms with Crippen molar-refractivity contribution in [3.05, 3.63) is 0 Å². The number of ether oxygens (including phenoxy) is 3. The Kier molecular flexibility index (Phi) is 13.7. The van der Waals surface area contributed by atoms with Crippen molar-refractivity contribution >= 4 is 0 Å². The predicted molar refractivity (Wildman–Crippen MR) is 59.1 cm³/mol. The van der Waals surface area contributed by atoms with E-state index in [4.69, 9.17) is 19.3 Å². The summed E-state index contributed by atoms with van der Waals surface area (Å²) in [5, 5.41) is 8.42. The number of aliphatic hydroxyl groups is 1. The molecule has 0 aromatic rings. The monoisotopic (exact) mass is 220 g/mol. The molecular formula is C11H24O4. The molecule has 0 amide bonds. The summed E-state index contributed by atoms with van der Waals surface area (Å²) < 4.78 is 15.6. The zero-order valence-corrected chi connectivity index (χ0v) is 9.74. The van der Waals surface area contributed by atoms with E-state index in [0.29, 0.717) is 33.0 Å². The van der Waals surface area contributed by atoms with Crippen molar-refractivity contribution in [2.75, 3.05) is 46.2 Å². The number of aliphatic hydroxyl groups excluding tert-OH is 1. The van der Waals surface area contributed by atoms with Crippen LogP contribution < -0.4 is 0 Å². The highest BCUT2D eigenvalue weighted by Crippen LogP contribution is 1.93. The summed E-state index contributed by atoms with van der Waals surface area (Å²) in [6.07, 6.45) is 3.59. The number of hydrogen-bond acceptors (Lipinski definition) is 4. The van der Waals surface area contributed by atoms with Crippen LogP contribution in [0.15, 0.2) is 0 Å². The second kappa shape index (κ2) is 13.8. The largest absolute Gasteiger partial charge is 0.394 e. The lowest BCUT2D eigenvalue weighted by Gasteiger charge is -2.05. The molecule has 0 aliphatic carbocycles. The summed E-state index contributed by atoms with van der Waals surface area (Å²) in [4.78, 5) is 0. The summed E-state index contributed by atoms with van der Waals surface area (Å²) in [6.45, 7) is 5.85. The van der Waals surface area contributed by atoms with Crippen LogP contribution >= 0.6 is 0 Å². The maximum atomic E-state index is 8.42. The fourth-order valence-corrected chi connectivity index (χ4v) is 1.06. The molecule has 1 N–H and O–H groups in total. The summed E-state index contributed by atoms with van der Waals surface area (Å²) in [6, 6.07) is 0. The van der Waals surface area contributed by atoms with E-state index in [-0.39, 0.29) is 6.61 Å². The SMILES string of the molecule is CCCCCOCCOCCOCCO. The highest BCUT2D eigenvalue weighted by Gasteiger charge is 1.91. The summed E-state index contributed by atoms with van der Waals surface area (Å²) in [7, 11) is 0. The van der Waals surface area contributed by atoms with E-state index in [2.05, 4.69) is 6.92 Å². The van der Waals surface area contributed by atoms with E-state index in [1.807, 2.05) is 0 Å². The molecule has 0 atom stereocenters. The van der Waals surface area contributed by atoms with Gasteiger partial charge in [-0.05, 0) is 6.42 Å². The standard InChI is InChI=1S/C11H24O4/c1-2-3-4-6-13-8-10-15-11-9-14-7-5-12/h12H,2-11H2,1H3. The van der Waals surface area contributed by atoms with Gasteiger partial charge in [0.1, 0.15) is 0 Å². The Labute approximate surface area is 92.5 Å². The van der Waals surface area contributed by atoms with E-state index in [0.717, 1.165) is 13.0 Å². The molecule has 0 rings (SSSR count). The van der Waals surface area contributed by atoms with E-state index in [9.17, 15) is 0 Å². The molecule has 0 aromatic carbocycles. The molecule has 0 fully saturated rings. The van der Waals surface area contributed by atoms with Gasteiger partial charge >= 0.3 is 0 Å². The van der Waals surface area contributed by atoms with Crippen molar-refractivity contribution in [1.29, 1.82) is 0 Å². The van der Waals surface area contributed by atoms with Crippen molar-refractivity contribution in [3.63, 3.8) is 0 Å². The maximum Gasteiger partial charge on any atom is 0.0701 e. The lowest BCUT2D eigenvalue weighted by molar-refractivity contribution is 0.00723. The van der Waals surface area contributed by atoms with Gasteiger partial charge in [0.15, 0.2) is 0 Å². The lowest BCUT2D eigenvalue weighted by Crippen LogP contribution is -2.11. The van der Waals surface area contributed by atoms with Gasteiger partial charge in [0.05, 0.1) is 39.6 Å². The van der Waals surface area contributed by atoms with Crippen molar-refractivity contribution in [2.45, 2.75) is 26.2 Å². The van der Waals surface area contributed by atoms with Crippen molar-refractivity contribution in [2.24, 2.45) is 0 Å². The van der Waals surface area contributed by atoms with Gasteiger partial charge in [-0.25, -0.2) is 0 Å². The molecule has 0 aliphatic rings. The van der Waals surface area contributed by atoms with E-state index < -0.39 is 0 Å². The van der Waals surface area contributed by atoms with Crippen LogP contribution in [0.4, 0.5) is 0 Å². The Morgan fingerprint density at radius 3 is 1.80 bits per heavy atom. The smallest absolute Gasteiger partial charge is 0.0701 e. The fraction of sp³-hybridized carbons (Fsp3) is 1.00. The molecule has 0 bridgehead atoms. The molecule has 0 saturated carbocycles. The van der Waals surface area contributed by atoms with Crippen LogP contribution in [0.25, 0.3) is 0 Å². The van der Waals surface area contributed by atoms with Gasteiger partial charge in [-0.3, -0.25) is 0 Å². The Hall–Kier alpha value is -0.160. The summed E-state index contributed by atoms with van der Waals surface area (Å²) in [5.74, 6) is 0. The van der Waals surface area contributed by atoms with Crippen molar-refractivity contribution in [1.82, 2.24) is 0 Å². The molecule has 15 heavy (non-hydrogen) atoms. The van der Waals surface area contributed by atoms with Crippen molar-refractivity contribution < 1.29 is 19.3 Å². The van der Waals surface area contributed by atoms with Crippen LogP contribution in [0.2, 0.25) is 0 Å². The highest BCUT2D eigenvalue weighted by molar-refractivity contribution is 4.37. The van der Waals surface area contributed by atoms with E-state index >= 15 is 0 Å². The Bertz CT molecular complexity index is 96.8. The van der Waals surface area contributed by atoms with Crippen LogP contribution in [0, 0.1) is 0 Å². The zero-order chi connectivity index (χ0) is 11.2.